The van der Waals surface area contributed by atoms with Crippen LogP contribution >= 0.6 is 0 Å². The Morgan fingerprint density at radius 2 is 1.95 bits per heavy atom. The van der Waals surface area contributed by atoms with Crippen LogP contribution in [0.25, 0.3) is 0 Å². The summed E-state index contributed by atoms with van der Waals surface area (Å²) in [6.07, 6.45) is 1.31. The minimum absolute atomic E-state index is 0.152. The number of aromatic nitrogens is 1. The molecule has 0 aliphatic rings. The van der Waals surface area contributed by atoms with Gasteiger partial charge in [0.05, 0.1) is 11.4 Å². The van der Waals surface area contributed by atoms with E-state index >= 15 is 0 Å². The van der Waals surface area contributed by atoms with Gasteiger partial charge in [-0.2, -0.15) is 0 Å². The highest BCUT2D eigenvalue weighted by molar-refractivity contribution is 5.90. The molecular formula is C16H19N3O2. The summed E-state index contributed by atoms with van der Waals surface area (Å²) in [6, 6.07) is 12.6. The van der Waals surface area contributed by atoms with Gasteiger partial charge in [0, 0.05) is 19.2 Å². The molecule has 21 heavy (non-hydrogen) atoms. The summed E-state index contributed by atoms with van der Waals surface area (Å²) in [7, 11) is 0. The molecule has 0 saturated heterocycles. The molecule has 1 amide bonds. The lowest BCUT2D eigenvalue weighted by Crippen LogP contribution is -2.30. The molecule has 5 nitrogen and oxygen atoms in total. The minimum Gasteiger partial charge on any atom is -0.480 e. The number of benzene rings is 1. The third kappa shape index (κ3) is 4.03. The van der Waals surface area contributed by atoms with Crippen LogP contribution in [0.15, 0.2) is 48.7 Å². The molecule has 110 valence electrons. The molecule has 0 aliphatic carbocycles. The average Bonchev–Trinajstić information content (AvgIpc) is 2.46. The lowest BCUT2D eigenvalue weighted by molar-refractivity contribution is -0.114. The molecule has 2 aromatic rings. The average molecular weight is 285 g/mol. The van der Waals surface area contributed by atoms with Crippen LogP contribution in [-0.4, -0.2) is 16.9 Å². The molecule has 0 saturated carbocycles. The van der Waals surface area contributed by atoms with Crippen LogP contribution in [0, 0.1) is 0 Å². The largest absolute Gasteiger partial charge is 0.480 e. The number of nitrogens with one attached hydrogen (secondary N) is 1. The van der Waals surface area contributed by atoms with Gasteiger partial charge in [0.1, 0.15) is 5.75 Å². The second-order valence-electron chi connectivity index (χ2n) is 4.83. The van der Waals surface area contributed by atoms with Crippen molar-refractivity contribution >= 4 is 11.6 Å². The molecule has 3 N–H and O–H groups in total. The summed E-state index contributed by atoms with van der Waals surface area (Å²) in [5.41, 5.74) is 7.39. The van der Waals surface area contributed by atoms with E-state index in [1.807, 2.05) is 37.3 Å². The third-order valence-electron chi connectivity index (χ3n) is 2.91. The van der Waals surface area contributed by atoms with E-state index < -0.39 is 0 Å². The number of rotatable bonds is 5. The Labute approximate surface area is 124 Å². The van der Waals surface area contributed by atoms with Crippen molar-refractivity contribution in [2.45, 2.75) is 26.0 Å². The Kier molecular flexibility index (Phi) is 4.90. The number of carbonyl (C=O) groups is 1. The van der Waals surface area contributed by atoms with Crippen LogP contribution in [0.3, 0.4) is 0 Å². The fourth-order valence-electron chi connectivity index (χ4n) is 1.98. The Morgan fingerprint density at radius 3 is 2.57 bits per heavy atom. The van der Waals surface area contributed by atoms with Gasteiger partial charge < -0.3 is 15.8 Å². The number of anilines is 1. The summed E-state index contributed by atoms with van der Waals surface area (Å²) >= 11 is 0. The lowest BCUT2D eigenvalue weighted by Gasteiger charge is -2.23. The van der Waals surface area contributed by atoms with Gasteiger partial charge >= 0.3 is 0 Å². The van der Waals surface area contributed by atoms with Crippen molar-refractivity contribution in [3.63, 3.8) is 0 Å². The molecule has 1 heterocycles. The highest BCUT2D eigenvalue weighted by Gasteiger charge is 2.20. The van der Waals surface area contributed by atoms with E-state index in [9.17, 15) is 4.79 Å². The number of nitrogens with two attached hydrogens (primary N) is 1. The zero-order valence-electron chi connectivity index (χ0n) is 12.1. The first-order valence-corrected chi connectivity index (χ1v) is 6.77. The maximum absolute atomic E-state index is 11.3. The highest BCUT2D eigenvalue weighted by atomic mass is 16.5. The second-order valence-corrected chi connectivity index (χ2v) is 4.83. The van der Waals surface area contributed by atoms with Crippen molar-refractivity contribution in [2.24, 2.45) is 5.73 Å². The first kappa shape index (κ1) is 15.0. The van der Waals surface area contributed by atoms with E-state index in [0.717, 1.165) is 5.69 Å². The Bertz CT molecular complexity index is 599. The van der Waals surface area contributed by atoms with E-state index in [2.05, 4.69) is 10.3 Å². The van der Waals surface area contributed by atoms with Crippen molar-refractivity contribution in [3.05, 3.63) is 54.4 Å². The summed E-state index contributed by atoms with van der Waals surface area (Å²) in [5, 5.41) is 2.74. The fourth-order valence-corrected chi connectivity index (χ4v) is 1.98. The first-order valence-electron chi connectivity index (χ1n) is 6.77. The lowest BCUT2D eigenvalue weighted by atomic mass is 10.1. The van der Waals surface area contributed by atoms with Crippen LogP contribution < -0.4 is 15.8 Å². The van der Waals surface area contributed by atoms with Crippen molar-refractivity contribution in [2.75, 3.05) is 5.32 Å². The normalized spacial score (nSPS) is 13.3. The van der Waals surface area contributed by atoms with Crippen molar-refractivity contribution < 1.29 is 9.53 Å². The van der Waals surface area contributed by atoms with Gasteiger partial charge in [-0.05, 0) is 31.2 Å². The van der Waals surface area contributed by atoms with Gasteiger partial charge in [0.2, 0.25) is 5.91 Å². The third-order valence-corrected chi connectivity index (χ3v) is 2.91. The number of ether oxygens (including phenoxy) is 1. The van der Waals surface area contributed by atoms with Gasteiger partial charge in [-0.15, -0.1) is 0 Å². The van der Waals surface area contributed by atoms with Crippen molar-refractivity contribution in [1.29, 1.82) is 0 Å². The molecule has 2 unspecified atom stereocenters. The van der Waals surface area contributed by atoms with E-state index in [4.69, 9.17) is 10.5 Å². The Hall–Kier alpha value is -2.40. The maximum atomic E-state index is 11.3. The number of amides is 1. The van der Waals surface area contributed by atoms with Gasteiger partial charge in [-0.25, -0.2) is 0 Å². The van der Waals surface area contributed by atoms with Crippen LogP contribution in [0.5, 0.6) is 5.75 Å². The van der Waals surface area contributed by atoms with Crippen molar-refractivity contribution in [1.82, 2.24) is 4.98 Å². The second kappa shape index (κ2) is 6.85. The number of hydrogen-bond acceptors (Lipinski definition) is 4. The summed E-state index contributed by atoms with van der Waals surface area (Å²) in [6.45, 7) is 3.32. The van der Waals surface area contributed by atoms with Gasteiger partial charge in [0.15, 0.2) is 6.10 Å². The van der Waals surface area contributed by atoms with E-state index in [1.54, 1.807) is 18.3 Å². The van der Waals surface area contributed by atoms with E-state index in [1.165, 1.54) is 6.92 Å². The zero-order valence-corrected chi connectivity index (χ0v) is 12.1. The van der Waals surface area contributed by atoms with Crippen LogP contribution in [0.1, 0.15) is 25.6 Å². The smallest absolute Gasteiger partial charge is 0.221 e. The highest BCUT2D eigenvalue weighted by Crippen LogP contribution is 2.29. The first-order chi connectivity index (χ1) is 10.1. The van der Waals surface area contributed by atoms with Gasteiger partial charge in [0.25, 0.3) is 0 Å². The quantitative estimate of drug-likeness (QED) is 0.885. The standard InChI is InChI=1S/C16H19N3O2/c1-11(17)16(14-8-5-6-10-18-14)21-15-9-4-3-7-13(15)19-12(2)20/h3-11,16H,17H2,1-2H3,(H,19,20). The molecule has 2 atom stereocenters. The van der Waals surface area contributed by atoms with E-state index in [0.29, 0.717) is 11.4 Å². The molecule has 0 spiro atoms. The van der Waals surface area contributed by atoms with Crippen molar-refractivity contribution in [3.8, 4) is 5.75 Å². The Morgan fingerprint density at radius 1 is 1.24 bits per heavy atom. The Balaban J connectivity index is 2.28. The molecule has 1 aromatic carbocycles. The number of pyridine rings is 1. The molecule has 2 rings (SSSR count). The molecule has 0 radical (unpaired) electrons. The molecule has 1 aromatic heterocycles. The number of carbonyl (C=O) groups excluding carboxylic acids is 1. The number of para-hydroxylation sites is 2. The predicted molar refractivity (Wildman–Crippen MR) is 82.0 cm³/mol. The molecular weight excluding hydrogens is 266 g/mol. The SMILES string of the molecule is CC(=O)Nc1ccccc1OC(c1ccccn1)C(C)N. The maximum Gasteiger partial charge on any atom is 0.221 e. The van der Waals surface area contributed by atoms with E-state index in [-0.39, 0.29) is 18.1 Å². The number of nitrogens with zero attached hydrogens (tertiary/aromatic N) is 1. The fraction of sp³-hybridized carbons (Fsp3) is 0.250. The zero-order chi connectivity index (χ0) is 15.2. The summed E-state index contributed by atoms with van der Waals surface area (Å²) in [4.78, 5) is 15.5. The van der Waals surface area contributed by atoms with Crippen LogP contribution in [-0.2, 0) is 4.79 Å². The summed E-state index contributed by atoms with van der Waals surface area (Å²) in [5.74, 6) is 0.418. The molecule has 0 aliphatic heterocycles. The topological polar surface area (TPSA) is 77.2 Å². The van der Waals surface area contributed by atoms with Gasteiger partial charge in [-0.1, -0.05) is 18.2 Å². The van der Waals surface area contributed by atoms with Crippen LogP contribution in [0.4, 0.5) is 5.69 Å². The molecule has 0 fully saturated rings. The predicted octanol–water partition coefficient (Wildman–Crippen LogP) is 2.51. The monoisotopic (exact) mass is 285 g/mol. The summed E-state index contributed by atoms with van der Waals surface area (Å²) < 4.78 is 5.99. The number of hydrogen-bond donors (Lipinski definition) is 2. The van der Waals surface area contributed by atoms with Gasteiger partial charge in [-0.3, -0.25) is 9.78 Å². The van der Waals surface area contributed by atoms with Crippen LogP contribution in [0.2, 0.25) is 0 Å². The minimum atomic E-state index is -0.388. The molecule has 5 heteroatoms. The molecule has 0 bridgehead atoms.